The first-order valence-electron chi connectivity index (χ1n) is 7.58. The summed E-state index contributed by atoms with van der Waals surface area (Å²) >= 11 is 11.1. The van der Waals surface area contributed by atoms with Gasteiger partial charge >= 0.3 is 18.0 Å². The lowest BCUT2D eigenvalue weighted by Crippen LogP contribution is -2.13. The average Bonchev–Trinajstić information content (AvgIpc) is 2.94. The highest BCUT2D eigenvalue weighted by Crippen LogP contribution is 2.18. The molecule has 1 amide bonds. The van der Waals surface area contributed by atoms with E-state index < -0.39 is 18.0 Å². The van der Waals surface area contributed by atoms with E-state index >= 15 is 0 Å². The number of hydrogen-bond acceptors (Lipinski definition) is 5. The van der Waals surface area contributed by atoms with Gasteiger partial charge < -0.3 is 9.47 Å². The van der Waals surface area contributed by atoms with Crippen LogP contribution in [0.3, 0.4) is 0 Å². The van der Waals surface area contributed by atoms with Crippen LogP contribution in [0.25, 0.3) is 0 Å². The van der Waals surface area contributed by atoms with E-state index in [9.17, 15) is 14.4 Å². The van der Waals surface area contributed by atoms with Gasteiger partial charge in [0.1, 0.15) is 0 Å². The number of anilines is 1. The summed E-state index contributed by atoms with van der Waals surface area (Å²) in [7, 11) is 0. The molecule has 0 spiro atoms. The van der Waals surface area contributed by atoms with Crippen LogP contribution in [0.15, 0.2) is 48.5 Å². The molecule has 3 rings (SSSR count). The van der Waals surface area contributed by atoms with Crippen molar-refractivity contribution >= 4 is 46.9 Å². The van der Waals surface area contributed by atoms with Gasteiger partial charge in [-0.25, -0.2) is 14.4 Å². The van der Waals surface area contributed by atoms with Crippen LogP contribution in [0.5, 0.6) is 0 Å². The number of rotatable bonds is 2. The van der Waals surface area contributed by atoms with Gasteiger partial charge in [-0.3, -0.25) is 5.32 Å². The van der Waals surface area contributed by atoms with Crippen molar-refractivity contribution in [3.63, 3.8) is 0 Å². The molecule has 0 fully saturated rings. The number of amides is 1. The smallest absolute Gasteiger partial charge is 0.412 e. The zero-order valence-corrected chi connectivity index (χ0v) is 15.3. The van der Waals surface area contributed by atoms with Crippen molar-refractivity contribution in [2.75, 3.05) is 17.8 Å². The van der Waals surface area contributed by atoms with Crippen molar-refractivity contribution in [3.05, 3.63) is 64.7 Å². The third kappa shape index (κ3) is 6.33. The number of hydrogen-bond donors (Lipinski definition) is 1. The molecule has 0 atom stereocenters. The number of benzene rings is 2. The summed E-state index contributed by atoms with van der Waals surface area (Å²) in [6.07, 6.45) is -0.578. The zero-order chi connectivity index (χ0) is 19.6. The summed E-state index contributed by atoms with van der Waals surface area (Å²) < 4.78 is 9.12. The Bertz CT molecular complexity index is 885. The number of esters is 2. The van der Waals surface area contributed by atoms with Crippen LogP contribution in [0.4, 0.5) is 10.5 Å². The van der Waals surface area contributed by atoms with Crippen LogP contribution in [-0.4, -0.2) is 30.5 Å². The maximum Gasteiger partial charge on any atom is 0.412 e. The standard InChI is InChI=1S/C11H9Cl2NO2.C8H4O3/c12-6-1-2-7-16-11(15)14-10-5-3-4-9(13)8-10;9-7-5-3-1-2-4-6(5)8(10)11-7/h3-5,8H,6-7H2,(H,14,15);1-4H. The van der Waals surface area contributed by atoms with Crippen LogP contribution in [-0.2, 0) is 9.47 Å². The van der Waals surface area contributed by atoms with Gasteiger partial charge in [-0.15, -0.1) is 11.6 Å². The topological polar surface area (TPSA) is 81.7 Å². The van der Waals surface area contributed by atoms with Gasteiger partial charge in [0.05, 0.1) is 17.0 Å². The molecule has 1 aliphatic heterocycles. The van der Waals surface area contributed by atoms with Gasteiger partial charge in [0.15, 0.2) is 6.61 Å². The fourth-order valence-electron chi connectivity index (χ4n) is 1.95. The monoisotopic (exact) mass is 405 g/mol. The second kappa shape index (κ2) is 10.2. The van der Waals surface area contributed by atoms with E-state index in [0.29, 0.717) is 21.8 Å². The molecule has 0 unspecified atom stereocenters. The molecule has 0 saturated carbocycles. The molecule has 138 valence electrons. The van der Waals surface area contributed by atoms with E-state index in [1.165, 1.54) is 0 Å². The van der Waals surface area contributed by atoms with E-state index in [2.05, 4.69) is 21.9 Å². The van der Waals surface area contributed by atoms with Crippen LogP contribution in [0, 0.1) is 11.8 Å². The Morgan fingerprint density at radius 3 is 2.30 bits per heavy atom. The molecule has 2 aromatic carbocycles. The van der Waals surface area contributed by atoms with Gasteiger partial charge in [0, 0.05) is 10.7 Å². The first kappa shape index (κ1) is 20.3. The van der Waals surface area contributed by atoms with Crippen molar-refractivity contribution in [1.82, 2.24) is 0 Å². The third-order valence-electron chi connectivity index (χ3n) is 3.09. The lowest BCUT2D eigenvalue weighted by Gasteiger charge is -2.04. The summed E-state index contributed by atoms with van der Waals surface area (Å²) in [5.74, 6) is 4.26. The summed E-state index contributed by atoms with van der Waals surface area (Å²) in [6, 6.07) is 13.3. The highest BCUT2D eigenvalue weighted by atomic mass is 35.5. The molecular formula is C19H13Cl2NO5. The molecule has 1 aliphatic rings. The van der Waals surface area contributed by atoms with Crippen molar-refractivity contribution in [1.29, 1.82) is 0 Å². The number of alkyl halides is 1. The molecule has 0 aliphatic carbocycles. The number of ether oxygens (including phenoxy) is 2. The molecule has 0 bridgehead atoms. The van der Waals surface area contributed by atoms with Crippen LogP contribution >= 0.6 is 23.2 Å². The SMILES string of the molecule is O=C(Nc1cccc(Cl)c1)OCC#CCCl.O=C1OC(=O)c2ccccc21. The van der Waals surface area contributed by atoms with Crippen molar-refractivity contribution in [3.8, 4) is 11.8 Å². The molecule has 1 N–H and O–H groups in total. The van der Waals surface area contributed by atoms with E-state index in [1.54, 1.807) is 48.5 Å². The predicted molar refractivity (Wildman–Crippen MR) is 101 cm³/mol. The molecule has 0 aromatic heterocycles. The predicted octanol–water partition coefficient (Wildman–Crippen LogP) is 4.13. The lowest BCUT2D eigenvalue weighted by atomic mass is 10.1. The molecule has 1 heterocycles. The number of carbonyl (C=O) groups excluding carboxylic acids is 3. The number of carbonyl (C=O) groups is 3. The van der Waals surface area contributed by atoms with E-state index in [0.717, 1.165) is 0 Å². The van der Waals surface area contributed by atoms with E-state index in [4.69, 9.17) is 27.9 Å². The lowest BCUT2D eigenvalue weighted by molar-refractivity contribution is 0.0443. The van der Waals surface area contributed by atoms with Crippen molar-refractivity contribution < 1.29 is 23.9 Å². The van der Waals surface area contributed by atoms with Gasteiger partial charge in [0.2, 0.25) is 0 Å². The highest BCUT2D eigenvalue weighted by molar-refractivity contribution is 6.30. The fraction of sp³-hybridized carbons (Fsp3) is 0.105. The largest absolute Gasteiger partial charge is 0.436 e. The summed E-state index contributed by atoms with van der Waals surface area (Å²) in [4.78, 5) is 32.9. The van der Waals surface area contributed by atoms with Crippen LogP contribution < -0.4 is 5.32 Å². The Kier molecular flexibility index (Phi) is 7.68. The summed E-state index contributed by atoms with van der Waals surface area (Å²) in [5, 5.41) is 3.05. The first-order chi connectivity index (χ1) is 13.0. The molecule has 27 heavy (non-hydrogen) atoms. The number of halogens is 2. The minimum absolute atomic E-state index is 0.0130. The second-order valence-corrected chi connectivity index (χ2v) is 5.62. The number of nitrogens with one attached hydrogen (secondary N) is 1. The van der Waals surface area contributed by atoms with E-state index in [-0.39, 0.29) is 12.5 Å². The minimum atomic E-state index is -0.578. The number of fused-ring (bicyclic) bond motifs is 1. The Balaban J connectivity index is 0.000000206. The zero-order valence-electron chi connectivity index (χ0n) is 13.8. The van der Waals surface area contributed by atoms with Crippen molar-refractivity contribution in [2.45, 2.75) is 0 Å². The minimum Gasteiger partial charge on any atom is -0.436 e. The second-order valence-electron chi connectivity index (χ2n) is 4.92. The highest BCUT2D eigenvalue weighted by Gasteiger charge is 2.28. The fourth-order valence-corrected chi connectivity index (χ4v) is 2.24. The molecule has 2 aromatic rings. The third-order valence-corrected chi connectivity index (χ3v) is 3.46. The maximum absolute atomic E-state index is 11.2. The Morgan fingerprint density at radius 2 is 1.70 bits per heavy atom. The Labute approximate surface area is 165 Å². The van der Waals surface area contributed by atoms with Crippen LogP contribution in [0.1, 0.15) is 20.7 Å². The summed E-state index contributed by atoms with van der Waals surface area (Å²) in [6.45, 7) is 0.0130. The van der Waals surface area contributed by atoms with Gasteiger partial charge in [0.25, 0.3) is 0 Å². The average molecular weight is 406 g/mol. The molecular weight excluding hydrogens is 393 g/mol. The molecule has 6 nitrogen and oxygen atoms in total. The maximum atomic E-state index is 11.2. The molecule has 8 heteroatoms. The summed E-state index contributed by atoms with van der Waals surface area (Å²) in [5.41, 5.74) is 1.29. The van der Waals surface area contributed by atoms with Crippen molar-refractivity contribution in [2.24, 2.45) is 0 Å². The van der Waals surface area contributed by atoms with Gasteiger partial charge in [-0.1, -0.05) is 41.6 Å². The van der Waals surface area contributed by atoms with Gasteiger partial charge in [-0.05, 0) is 30.3 Å². The first-order valence-corrected chi connectivity index (χ1v) is 8.49. The Hall–Kier alpha value is -3.01. The Morgan fingerprint density at radius 1 is 1.04 bits per heavy atom. The van der Waals surface area contributed by atoms with Gasteiger partial charge in [-0.2, -0.15) is 0 Å². The normalized spacial score (nSPS) is 11.2. The van der Waals surface area contributed by atoms with E-state index in [1.807, 2.05) is 0 Å². The quantitative estimate of drug-likeness (QED) is 0.351. The molecule has 0 saturated heterocycles. The molecule has 0 radical (unpaired) electrons. The number of cyclic esters (lactones) is 2. The van der Waals surface area contributed by atoms with Crippen LogP contribution in [0.2, 0.25) is 5.02 Å².